The van der Waals surface area contributed by atoms with E-state index in [2.05, 4.69) is 20.4 Å². The van der Waals surface area contributed by atoms with Crippen molar-refractivity contribution in [3.63, 3.8) is 0 Å². The summed E-state index contributed by atoms with van der Waals surface area (Å²) in [5, 5.41) is 6.86. The minimum Gasteiger partial charge on any atom is -0.439 e. The van der Waals surface area contributed by atoms with Crippen molar-refractivity contribution in [2.75, 3.05) is 5.32 Å². The molecule has 0 aliphatic heterocycles. The zero-order valence-corrected chi connectivity index (χ0v) is 14.5. The molecule has 1 amide bonds. The van der Waals surface area contributed by atoms with Crippen LogP contribution in [0.5, 0.6) is 11.6 Å². The van der Waals surface area contributed by atoms with E-state index in [4.69, 9.17) is 4.74 Å². The van der Waals surface area contributed by atoms with Gasteiger partial charge in [-0.25, -0.2) is 19.0 Å². The van der Waals surface area contributed by atoms with E-state index in [0.717, 1.165) is 0 Å². The molecule has 7 nitrogen and oxygen atoms in total. The quantitative estimate of drug-likeness (QED) is 0.573. The van der Waals surface area contributed by atoms with Crippen LogP contribution in [0.1, 0.15) is 10.4 Å². The fraction of sp³-hybridized carbons (Fsp3) is 0. The number of hydrogen-bond acceptors (Lipinski definition) is 5. The summed E-state index contributed by atoms with van der Waals surface area (Å²) < 4.78 is 20.3. The third kappa shape index (κ3) is 4.01. The van der Waals surface area contributed by atoms with Crippen LogP contribution in [0.3, 0.4) is 0 Å². The third-order valence-electron chi connectivity index (χ3n) is 3.81. The summed E-state index contributed by atoms with van der Waals surface area (Å²) in [5.41, 5.74) is 0.954. The van der Waals surface area contributed by atoms with Crippen molar-refractivity contribution in [3.8, 4) is 17.4 Å². The van der Waals surface area contributed by atoms with Crippen molar-refractivity contribution in [1.29, 1.82) is 0 Å². The van der Waals surface area contributed by atoms with Crippen molar-refractivity contribution < 1.29 is 13.9 Å². The number of aromatic nitrogens is 4. The number of rotatable bonds is 5. The van der Waals surface area contributed by atoms with Gasteiger partial charge in [-0.15, -0.1) is 0 Å². The van der Waals surface area contributed by atoms with Gasteiger partial charge in [0.15, 0.2) is 5.82 Å². The zero-order chi connectivity index (χ0) is 19.3. The van der Waals surface area contributed by atoms with Gasteiger partial charge in [-0.1, -0.05) is 0 Å². The largest absolute Gasteiger partial charge is 0.439 e. The number of anilines is 1. The van der Waals surface area contributed by atoms with Crippen LogP contribution in [0, 0.1) is 5.82 Å². The average molecular weight is 375 g/mol. The molecule has 0 spiro atoms. The molecule has 0 saturated carbocycles. The van der Waals surface area contributed by atoms with Gasteiger partial charge in [0.1, 0.15) is 17.9 Å². The molecule has 4 aromatic rings. The second-order valence-electron chi connectivity index (χ2n) is 5.75. The van der Waals surface area contributed by atoms with Gasteiger partial charge in [-0.05, 0) is 54.6 Å². The summed E-state index contributed by atoms with van der Waals surface area (Å²) in [6, 6.07) is 15.6. The van der Waals surface area contributed by atoms with Crippen LogP contribution >= 0.6 is 0 Å². The number of carbonyl (C=O) groups is 1. The number of nitrogens with zero attached hydrogens (tertiary/aromatic N) is 4. The van der Waals surface area contributed by atoms with E-state index in [0.29, 0.717) is 28.7 Å². The van der Waals surface area contributed by atoms with Gasteiger partial charge in [0, 0.05) is 29.7 Å². The molecule has 28 heavy (non-hydrogen) atoms. The van der Waals surface area contributed by atoms with Crippen LogP contribution in [-0.4, -0.2) is 25.7 Å². The number of nitrogens with one attached hydrogen (secondary N) is 1. The Bertz CT molecular complexity index is 1080. The Kier molecular flexibility index (Phi) is 4.75. The summed E-state index contributed by atoms with van der Waals surface area (Å²) in [5.74, 6) is 0.776. The molecule has 0 fully saturated rings. The lowest BCUT2D eigenvalue weighted by atomic mass is 10.2. The standard InChI is InChI=1S/C20H14FN5O2/c21-15-4-2-14(3-5-15)20(27)25-16-6-8-17(9-7-16)28-19-12-18(22-13-23-19)26-11-1-10-24-26/h1-13H,(H,25,27). The normalized spacial score (nSPS) is 10.5. The molecule has 1 N–H and O–H groups in total. The van der Waals surface area contributed by atoms with Crippen molar-refractivity contribution in [3.05, 3.63) is 90.8 Å². The molecule has 0 saturated heterocycles. The summed E-state index contributed by atoms with van der Waals surface area (Å²) in [6.07, 6.45) is 4.82. The molecule has 8 heteroatoms. The lowest BCUT2D eigenvalue weighted by molar-refractivity contribution is 0.102. The van der Waals surface area contributed by atoms with Gasteiger partial charge >= 0.3 is 0 Å². The van der Waals surface area contributed by atoms with Gasteiger partial charge in [0.05, 0.1) is 0 Å². The maximum atomic E-state index is 12.9. The maximum absolute atomic E-state index is 12.9. The SMILES string of the molecule is O=C(Nc1ccc(Oc2cc(-n3cccn3)ncn2)cc1)c1ccc(F)cc1. The Balaban J connectivity index is 1.43. The topological polar surface area (TPSA) is 81.9 Å². The Hall–Kier alpha value is -4.07. The number of hydrogen-bond donors (Lipinski definition) is 1. The molecular formula is C20H14FN5O2. The molecule has 0 aliphatic rings. The minimum absolute atomic E-state index is 0.326. The Morgan fingerprint density at radius 2 is 1.82 bits per heavy atom. The van der Waals surface area contributed by atoms with Crippen LogP contribution in [0.2, 0.25) is 0 Å². The summed E-state index contributed by atoms with van der Waals surface area (Å²) in [4.78, 5) is 20.4. The summed E-state index contributed by atoms with van der Waals surface area (Å²) in [6.45, 7) is 0. The third-order valence-corrected chi connectivity index (χ3v) is 3.81. The highest BCUT2D eigenvalue weighted by molar-refractivity contribution is 6.04. The predicted molar refractivity (Wildman–Crippen MR) is 100 cm³/mol. The van der Waals surface area contributed by atoms with Crippen molar-refractivity contribution in [2.24, 2.45) is 0 Å². The molecule has 0 bridgehead atoms. The lowest BCUT2D eigenvalue weighted by Crippen LogP contribution is -2.11. The molecule has 4 rings (SSSR count). The van der Waals surface area contributed by atoms with Crippen LogP contribution in [0.4, 0.5) is 10.1 Å². The summed E-state index contributed by atoms with van der Waals surface area (Å²) in [7, 11) is 0. The highest BCUT2D eigenvalue weighted by atomic mass is 19.1. The average Bonchev–Trinajstić information content (AvgIpc) is 3.25. The first kappa shape index (κ1) is 17.3. The first-order chi connectivity index (χ1) is 13.7. The number of halogens is 1. The Morgan fingerprint density at radius 1 is 1.04 bits per heavy atom. The first-order valence-electron chi connectivity index (χ1n) is 8.34. The molecular weight excluding hydrogens is 361 g/mol. The highest BCUT2D eigenvalue weighted by Crippen LogP contribution is 2.22. The first-order valence-corrected chi connectivity index (χ1v) is 8.34. The van der Waals surface area contributed by atoms with E-state index in [1.165, 1.54) is 30.6 Å². The van der Waals surface area contributed by atoms with E-state index < -0.39 is 5.82 Å². The van der Waals surface area contributed by atoms with E-state index in [1.807, 2.05) is 0 Å². The van der Waals surface area contributed by atoms with E-state index >= 15 is 0 Å². The Morgan fingerprint density at radius 3 is 2.54 bits per heavy atom. The number of ether oxygens (including phenoxy) is 1. The fourth-order valence-electron chi connectivity index (χ4n) is 2.45. The van der Waals surface area contributed by atoms with Gasteiger partial charge < -0.3 is 10.1 Å². The Labute approximate surface area is 159 Å². The van der Waals surface area contributed by atoms with Crippen molar-refractivity contribution >= 4 is 11.6 Å². The molecule has 0 unspecified atom stereocenters. The molecule has 0 radical (unpaired) electrons. The van der Waals surface area contributed by atoms with Crippen LogP contribution in [0.25, 0.3) is 5.82 Å². The number of amides is 1. The predicted octanol–water partition coefficient (Wildman–Crippen LogP) is 3.85. The number of benzene rings is 2. The van der Waals surface area contributed by atoms with E-state index in [-0.39, 0.29) is 5.91 Å². The molecule has 2 aromatic carbocycles. The van der Waals surface area contributed by atoms with Crippen molar-refractivity contribution in [1.82, 2.24) is 19.7 Å². The van der Waals surface area contributed by atoms with Crippen LogP contribution < -0.4 is 10.1 Å². The van der Waals surface area contributed by atoms with Crippen LogP contribution in [0.15, 0.2) is 79.4 Å². The lowest BCUT2D eigenvalue weighted by Gasteiger charge is -2.08. The smallest absolute Gasteiger partial charge is 0.255 e. The second kappa shape index (κ2) is 7.67. The highest BCUT2D eigenvalue weighted by Gasteiger charge is 2.07. The molecule has 0 aliphatic carbocycles. The second-order valence-corrected chi connectivity index (χ2v) is 5.75. The molecule has 2 heterocycles. The van der Waals surface area contributed by atoms with E-state index in [9.17, 15) is 9.18 Å². The van der Waals surface area contributed by atoms with E-state index in [1.54, 1.807) is 53.5 Å². The fourth-order valence-corrected chi connectivity index (χ4v) is 2.45. The molecule has 138 valence electrons. The maximum Gasteiger partial charge on any atom is 0.255 e. The van der Waals surface area contributed by atoms with Gasteiger partial charge in [0.2, 0.25) is 5.88 Å². The van der Waals surface area contributed by atoms with Gasteiger partial charge in [-0.3, -0.25) is 4.79 Å². The van der Waals surface area contributed by atoms with Gasteiger partial charge in [-0.2, -0.15) is 5.10 Å². The molecule has 0 atom stereocenters. The molecule has 2 aromatic heterocycles. The van der Waals surface area contributed by atoms with Crippen LogP contribution in [-0.2, 0) is 0 Å². The van der Waals surface area contributed by atoms with Crippen molar-refractivity contribution in [2.45, 2.75) is 0 Å². The minimum atomic E-state index is -0.390. The summed E-state index contributed by atoms with van der Waals surface area (Å²) >= 11 is 0. The number of carbonyl (C=O) groups excluding carboxylic acids is 1. The zero-order valence-electron chi connectivity index (χ0n) is 14.5. The monoisotopic (exact) mass is 375 g/mol. The van der Waals surface area contributed by atoms with Gasteiger partial charge in [0.25, 0.3) is 5.91 Å².